The summed E-state index contributed by atoms with van der Waals surface area (Å²) in [6, 6.07) is 14.5. The molecule has 0 fully saturated rings. The fourth-order valence-corrected chi connectivity index (χ4v) is 2.59. The van der Waals surface area contributed by atoms with Gasteiger partial charge in [0.2, 0.25) is 0 Å². The van der Waals surface area contributed by atoms with Crippen LogP contribution in [0.5, 0.6) is 0 Å². The number of imidazole rings is 1. The molecule has 2 heterocycles. The second-order valence-electron chi connectivity index (χ2n) is 5.15. The minimum Gasteiger partial charge on any atom is -0.505 e. The lowest BCUT2D eigenvalue weighted by molar-refractivity contribution is 0.509. The summed E-state index contributed by atoms with van der Waals surface area (Å²) < 4.78 is 1.47. The van der Waals surface area contributed by atoms with Gasteiger partial charge in [-0.05, 0) is 36.4 Å². The zero-order valence-corrected chi connectivity index (χ0v) is 13.1. The Labute approximate surface area is 142 Å². The summed E-state index contributed by atoms with van der Waals surface area (Å²) in [6.45, 7) is 0. The SMILES string of the molecule is O/C(=C(\c1nc2ccccc2[nH]1)n1cncn1)c1ccc(Cl)cc1. The van der Waals surface area contributed by atoms with Gasteiger partial charge in [0.15, 0.2) is 17.3 Å². The first-order valence-electron chi connectivity index (χ1n) is 7.21. The maximum absolute atomic E-state index is 10.8. The monoisotopic (exact) mass is 337 g/mol. The highest BCUT2D eigenvalue weighted by Gasteiger charge is 2.17. The molecule has 0 spiro atoms. The van der Waals surface area contributed by atoms with E-state index in [4.69, 9.17) is 11.6 Å². The van der Waals surface area contributed by atoms with E-state index >= 15 is 0 Å². The third kappa shape index (κ3) is 2.53. The van der Waals surface area contributed by atoms with E-state index in [0.29, 0.717) is 22.1 Å². The van der Waals surface area contributed by atoms with Crippen LogP contribution in [0.1, 0.15) is 11.4 Å². The number of fused-ring (bicyclic) bond motifs is 1. The van der Waals surface area contributed by atoms with Gasteiger partial charge in [0.05, 0.1) is 11.0 Å². The molecule has 7 heteroatoms. The van der Waals surface area contributed by atoms with E-state index in [9.17, 15) is 5.11 Å². The number of aromatic nitrogens is 5. The highest BCUT2D eigenvalue weighted by atomic mass is 35.5. The van der Waals surface area contributed by atoms with E-state index < -0.39 is 0 Å². The van der Waals surface area contributed by atoms with Crippen LogP contribution in [0.15, 0.2) is 61.2 Å². The van der Waals surface area contributed by atoms with Gasteiger partial charge >= 0.3 is 0 Å². The van der Waals surface area contributed by atoms with E-state index in [2.05, 4.69) is 20.1 Å². The van der Waals surface area contributed by atoms with Crippen molar-refractivity contribution in [3.63, 3.8) is 0 Å². The summed E-state index contributed by atoms with van der Waals surface area (Å²) in [4.78, 5) is 11.7. The summed E-state index contributed by atoms with van der Waals surface area (Å²) in [5, 5.41) is 15.5. The summed E-state index contributed by atoms with van der Waals surface area (Å²) in [5.41, 5.74) is 2.68. The highest BCUT2D eigenvalue weighted by Crippen LogP contribution is 2.26. The number of hydrogen-bond donors (Lipinski definition) is 2. The van der Waals surface area contributed by atoms with Crippen LogP contribution in [-0.2, 0) is 0 Å². The van der Waals surface area contributed by atoms with Crippen molar-refractivity contribution in [3.8, 4) is 0 Å². The lowest BCUT2D eigenvalue weighted by Crippen LogP contribution is -2.05. The van der Waals surface area contributed by atoms with E-state index in [-0.39, 0.29) is 5.76 Å². The van der Waals surface area contributed by atoms with E-state index in [1.165, 1.54) is 17.3 Å². The minimum absolute atomic E-state index is 0.0243. The van der Waals surface area contributed by atoms with Gasteiger partial charge in [0.25, 0.3) is 0 Å². The summed E-state index contributed by atoms with van der Waals surface area (Å²) >= 11 is 5.92. The number of para-hydroxylation sites is 2. The Hall–Kier alpha value is -3.12. The van der Waals surface area contributed by atoms with Crippen molar-refractivity contribution >= 4 is 34.1 Å². The van der Waals surface area contributed by atoms with Gasteiger partial charge in [0.1, 0.15) is 12.7 Å². The molecule has 118 valence electrons. The zero-order chi connectivity index (χ0) is 16.5. The van der Waals surface area contributed by atoms with Crippen molar-refractivity contribution in [2.75, 3.05) is 0 Å². The normalized spacial score (nSPS) is 12.4. The lowest BCUT2D eigenvalue weighted by atomic mass is 10.1. The average Bonchev–Trinajstić information content (AvgIpc) is 3.25. The van der Waals surface area contributed by atoms with E-state index in [1.807, 2.05) is 24.3 Å². The number of nitrogens with zero attached hydrogens (tertiary/aromatic N) is 4. The van der Waals surface area contributed by atoms with Crippen LogP contribution in [-0.4, -0.2) is 29.8 Å². The van der Waals surface area contributed by atoms with Crippen LogP contribution >= 0.6 is 11.6 Å². The molecule has 4 aromatic rings. The number of halogens is 1. The number of aliphatic hydroxyl groups excluding tert-OH is 1. The second kappa shape index (κ2) is 5.82. The first kappa shape index (κ1) is 14.5. The van der Waals surface area contributed by atoms with Crippen molar-refractivity contribution in [2.45, 2.75) is 0 Å². The number of H-pyrrole nitrogens is 1. The Morgan fingerprint density at radius 1 is 1.08 bits per heavy atom. The Morgan fingerprint density at radius 2 is 1.88 bits per heavy atom. The first-order valence-corrected chi connectivity index (χ1v) is 7.59. The van der Waals surface area contributed by atoms with Gasteiger partial charge in [-0.3, -0.25) is 0 Å². The molecule has 4 rings (SSSR count). The molecule has 0 saturated carbocycles. The van der Waals surface area contributed by atoms with E-state index in [1.54, 1.807) is 24.3 Å². The van der Waals surface area contributed by atoms with Crippen LogP contribution < -0.4 is 0 Å². The Balaban J connectivity index is 1.94. The number of benzene rings is 2. The molecule has 0 radical (unpaired) electrons. The van der Waals surface area contributed by atoms with Crippen molar-refractivity contribution < 1.29 is 5.11 Å². The Morgan fingerprint density at radius 3 is 2.58 bits per heavy atom. The number of hydrogen-bond acceptors (Lipinski definition) is 4. The average molecular weight is 338 g/mol. The quantitative estimate of drug-likeness (QED) is 0.558. The van der Waals surface area contributed by atoms with Crippen LogP contribution in [0, 0.1) is 0 Å². The topological polar surface area (TPSA) is 79.6 Å². The third-order valence-electron chi connectivity index (χ3n) is 3.60. The maximum atomic E-state index is 10.8. The lowest BCUT2D eigenvalue weighted by Gasteiger charge is -2.08. The minimum atomic E-state index is 0.0243. The van der Waals surface area contributed by atoms with E-state index in [0.717, 1.165) is 11.0 Å². The molecule has 0 aliphatic rings. The molecule has 0 aliphatic carbocycles. The molecule has 6 nitrogen and oxygen atoms in total. The van der Waals surface area contributed by atoms with Gasteiger partial charge < -0.3 is 10.1 Å². The third-order valence-corrected chi connectivity index (χ3v) is 3.86. The zero-order valence-electron chi connectivity index (χ0n) is 12.4. The van der Waals surface area contributed by atoms with Gasteiger partial charge in [-0.25, -0.2) is 14.6 Å². The van der Waals surface area contributed by atoms with Crippen LogP contribution in [0.25, 0.3) is 22.5 Å². The Kier molecular flexibility index (Phi) is 3.51. The molecule has 2 aromatic heterocycles. The Bertz CT molecular complexity index is 986. The van der Waals surface area contributed by atoms with Crippen LogP contribution in [0.4, 0.5) is 0 Å². The number of rotatable bonds is 3. The highest BCUT2D eigenvalue weighted by molar-refractivity contribution is 6.30. The largest absolute Gasteiger partial charge is 0.505 e. The van der Waals surface area contributed by atoms with Crippen molar-refractivity contribution in [2.24, 2.45) is 0 Å². The van der Waals surface area contributed by atoms with Crippen LogP contribution in [0.2, 0.25) is 5.02 Å². The molecule has 0 atom stereocenters. The van der Waals surface area contributed by atoms with Crippen molar-refractivity contribution in [3.05, 3.63) is 77.6 Å². The maximum Gasteiger partial charge on any atom is 0.161 e. The number of aromatic amines is 1. The van der Waals surface area contributed by atoms with Gasteiger partial charge in [0, 0.05) is 10.6 Å². The van der Waals surface area contributed by atoms with Crippen molar-refractivity contribution in [1.29, 1.82) is 0 Å². The number of aliphatic hydroxyl groups is 1. The van der Waals surface area contributed by atoms with Gasteiger partial charge in [-0.2, -0.15) is 5.10 Å². The smallest absolute Gasteiger partial charge is 0.161 e. The summed E-state index contributed by atoms with van der Waals surface area (Å²) in [7, 11) is 0. The molecule has 2 aromatic carbocycles. The summed E-state index contributed by atoms with van der Waals surface area (Å²) in [6.07, 6.45) is 2.91. The number of nitrogens with one attached hydrogen (secondary N) is 1. The second-order valence-corrected chi connectivity index (χ2v) is 5.58. The molecule has 0 saturated heterocycles. The first-order chi connectivity index (χ1) is 11.7. The molecule has 0 unspecified atom stereocenters. The predicted molar refractivity (Wildman–Crippen MR) is 92.4 cm³/mol. The molecule has 2 N–H and O–H groups in total. The molecule has 0 amide bonds. The van der Waals surface area contributed by atoms with Crippen LogP contribution in [0.3, 0.4) is 0 Å². The van der Waals surface area contributed by atoms with Gasteiger partial charge in [-0.15, -0.1) is 0 Å². The molecular weight excluding hydrogens is 326 g/mol. The standard InChI is InChI=1S/C17H12ClN5O/c18-12-7-5-11(6-8-12)16(24)15(23-10-19-9-20-23)17-21-13-3-1-2-4-14(13)22-17/h1-10,24H,(H,21,22)/b16-15+. The fourth-order valence-electron chi connectivity index (χ4n) is 2.46. The van der Waals surface area contributed by atoms with Crippen molar-refractivity contribution in [1.82, 2.24) is 24.7 Å². The molecule has 24 heavy (non-hydrogen) atoms. The summed E-state index contributed by atoms with van der Waals surface area (Å²) in [5.74, 6) is 0.519. The molecular formula is C17H12ClN5O. The predicted octanol–water partition coefficient (Wildman–Crippen LogP) is 3.74. The van der Waals surface area contributed by atoms with Gasteiger partial charge in [-0.1, -0.05) is 23.7 Å². The molecule has 0 aliphatic heterocycles. The fraction of sp³-hybridized carbons (Fsp3) is 0. The molecule has 0 bridgehead atoms.